The fourth-order valence-electron chi connectivity index (χ4n) is 4.27. The third-order valence-electron chi connectivity index (χ3n) is 6.34. The minimum atomic E-state index is -0.00121. The highest BCUT2D eigenvalue weighted by Gasteiger charge is 2.12. The highest BCUT2D eigenvalue weighted by atomic mass is 16.5. The first-order chi connectivity index (χ1) is 15.2. The van der Waals surface area contributed by atoms with E-state index in [4.69, 9.17) is 4.74 Å². The predicted molar refractivity (Wildman–Crippen MR) is 138 cm³/mol. The van der Waals surface area contributed by atoms with Crippen LogP contribution in [0, 0.1) is 0 Å². The smallest absolute Gasteiger partial charge is 0.306 e. The Kier molecular flexibility index (Phi) is 24.8. The largest absolute Gasteiger partial charge is 0.462 e. The zero-order valence-corrected chi connectivity index (χ0v) is 21.4. The molecule has 184 valence electrons. The average Bonchev–Trinajstić information content (AvgIpc) is 2.76. The number of rotatable bonds is 25. The molecule has 0 radical (unpaired) electrons. The zero-order chi connectivity index (χ0) is 22.8. The summed E-state index contributed by atoms with van der Waals surface area (Å²) in [6, 6.07) is 0. The van der Waals surface area contributed by atoms with Crippen LogP contribution < -0.4 is 0 Å². The number of hydrogen-bond acceptors (Lipinski definition) is 2. The number of hydrogen-bond donors (Lipinski definition) is 0. The minimum absolute atomic E-state index is 0.00121. The van der Waals surface area contributed by atoms with Crippen LogP contribution in [0.1, 0.15) is 162 Å². The Morgan fingerprint density at radius 2 is 1.03 bits per heavy atom. The van der Waals surface area contributed by atoms with E-state index in [1.807, 2.05) is 6.08 Å². The minimum Gasteiger partial charge on any atom is -0.462 e. The van der Waals surface area contributed by atoms with Gasteiger partial charge in [0.05, 0.1) is 0 Å². The van der Waals surface area contributed by atoms with Crippen LogP contribution in [0.4, 0.5) is 0 Å². The van der Waals surface area contributed by atoms with Gasteiger partial charge in [0.15, 0.2) is 0 Å². The Morgan fingerprint density at radius 1 is 0.645 bits per heavy atom. The second kappa shape index (κ2) is 25.5. The molecule has 0 bridgehead atoms. The Balaban J connectivity index is 3.58. The molecule has 2 nitrogen and oxygen atoms in total. The highest BCUT2D eigenvalue weighted by molar-refractivity contribution is 5.69. The number of ether oxygens (including phenoxy) is 1. The summed E-state index contributed by atoms with van der Waals surface area (Å²) in [7, 11) is 0. The molecule has 0 spiro atoms. The summed E-state index contributed by atoms with van der Waals surface area (Å²) in [6.45, 7) is 8.38. The van der Waals surface area contributed by atoms with Crippen molar-refractivity contribution in [1.82, 2.24) is 0 Å². The van der Waals surface area contributed by atoms with E-state index in [0.29, 0.717) is 6.42 Å². The molecule has 0 heterocycles. The van der Waals surface area contributed by atoms with Gasteiger partial charge in [-0.3, -0.25) is 4.79 Å². The van der Waals surface area contributed by atoms with Gasteiger partial charge in [0, 0.05) is 12.8 Å². The molecular formula is C29H56O2. The molecule has 0 unspecified atom stereocenters. The van der Waals surface area contributed by atoms with E-state index in [9.17, 15) is 4.79 Å². The van der Waals surface area contributed by atoms with E-state index < -0.39 is 0 Å². The maximum atomic E-state index is 12.2. The summed E-state index contributed by atoms with van der Waals surface area (Å²) >= 11 is 0. The standard InChI is InChI=1S/C29H56O2/c1-4-7-9-11-13-15-16-18-20-22-24-27-29(30)31-28(25-6-3)26-23-21-19-17-14-12-10-8-5-2/h6,28H,3-5,7-27H2,1-2H3/t28-/m0/s1. The summed E-state index contributed by atoms with van der Waals surface area (Å²) in [5.74, 6) is -0.00121. The summed E-state index contributed by atoms with van der Waals surface area (Å²) in [5.41, 5.74) is 0. The molecule has 31 heavy (non-hydrogen) atoms. The molecule has 0 aliphatic carbocycles. The maximum Gasteiger partial charge on any atom is 0.306 e. The monoisotopic (exact) mass is 436 g/mol. The lowest BCUT2D eigenvalue weighted by molar-refractivity contribution is -0.149. The van der Waals surface area contributed by atoms with Crippen molar-refractivity contribution < 1.29 is 9.53 Å². The molecule has 0 rings (SSSR count). The molecule has 0 aliphatic rings. The van der Waals surface area contributed by atoms with Crippen molar-refractivity contribution in [2.75, 3.05) is 0 Å². The third-order valence-corrected chi connectivity index (χ3v) is 6.34. The van der Waals surface area contributed by atoms with Crippen LogP contribution >= 0.6 is 0 Å². The molecule has 0 aliphatic heterocycles. The van der Waals surface area contributed by atoms with Crippen molar-refractivity contribution in [3.05, 3.63) is 12.7 Å². The first kappa shape index (κ1) is 30.2. The van der Waals surface area contributed by atoms with Gasteiger partial charge in [-0.25, -0.2) is 0 Å². The Hall–Kier alpha value is -0.790. The van der Waals surface area contributed by atoms with Crippen LogP contribution in [0.15, 0.2) is 12.7 Å². The Morgan fingerprint density at radius 3 is 1.45 bits per heavy atom. The molecule has 0 N–H and O–H groups in total. The van der Waals surface area contributed by atoms with Gasteiger partial charge < -0.3 is 4.74 Å². The fraction of sp³-hybridized carbons (Fsp3) is 0.897. The van der Waals surface area contributed by atoms with Crippen molar-refractivity contribution >= 4 is 5.97 Å². The Labute approximate surface area is 196 Å². The number of esters is 1. The van der Waals surface area contributed by atoms with Gasteiger partial charge in [-0.15, -0.1) is 6.58 Å². The van der Waals surface area contributed by atoms with E-state index >= 15 is 0 Å². The van der Waals surface area contributed by atoms with Gasteiger partial charge >= 0.3 is 5.97 Å². The van der Waals surface area contributed by atoms with Gasteiger partial charge in [0.25, 0.3) is 0 Å². The third kappa shape index (κ3) is 23.7. The average molecular weight is 437 g/mol. The van der Waals surface area contributed by atoms with Gasteiger partial charge in [-0.2, -0.15) is 0 Å². The van der Waals surface area contributed by atoms with E-state index in [2.05, 4.69) is 20.4 Å². The van der Waals surface area contributed by atoms with Crippen LogP contribution in [0.3, 0.4) is 0 Å². The molecule has 2 heteroatoms. The van der Waals surface area contributed by atoms with Crippen LogP contribution in [0.2, 0.25) is 0 Å². The lowest BCUT2D eigenvalue weighted by Crippen LogP contribution is -2.17. The molecular weight excluding hydrogens is 380 g/mol. The molecule has 1 atom stereocenters. The quantitative estimate of drug-likeness (QED) is 0.0808. The van der Waals surface area contributed by atoms with Crippen molar-refractivity contribution in [2.24, 2.45) is 0 Å². The van der Waals surface area contributed by atoms with Crippen LogP contribution in [-0.2, 0) is 9.53 Å². The van der Waals surface area contributed by atoms with Gasteiger partial charge in [-0.1, -0.05) is 135 Å². The summed E-state index contributed by atoms with van der Waals surface area (Å²) < 4.78 is 5.74. The summed E-state index contributed by atoms with van der Waals surface area (Å²) in [5, 5.41) is 0. The molecule has 0 fully saturated rings. The van der Waals surface area contributed by atoms with E-state index in [1.54, 1.807) is 0 Å². The molecule has 0 amide bonds. The number of unbranched alkanes of at least 4 members (excludes halogenated alkanes) is 18. The van der Waals surface area contributed by atoms with Crippen molar-refractivity contribution in [3.63, 3.8) is 0 Å². The number of carbonyl (C=O) groups excluding carboxylic acids is 1. The molecule has 0 aromatic carbocycles. The predicted octanol–water partition coefficient (Wildman–Crippen LogP) is 10.1. The normalized spacial score (nSPS) is 12.1. The van der Waals surface area contributed by atoms with Crippen LogP contribution in [0.5, 0.6) is 0 Å². The fourth-order valence-corrected chi connectivity index (χ4v) is 4.27. The second-order valence-corrected chi connectivity index (χ2v) is 9.54. The summed E-state index contributed by atoms with van der Waals surface area (Å²) in [4.78, 5) is 12.2. The first-order valence-corrected chi connectivity index (χ1v) is 14.0. The lowest BCUT2D eigenvalue weighted by atomic mass is 10.0. The molecule has 0 aromatic heterocycles. The van der Waals surface area contributed by atoms with Crippen molar-refractivity contribution in [2.45, 2.75) is 168 Å². The SMILES string of the molecule is C=CC[C@@H](CCCCCCCCCCC)OC(=O)CCCCCCCCCCCCC. The van der Waals surface area contributed by atoms with Crippen LogP contribution in [0.25, 0.3) is 0 Å². The van der Waals surface area contributed by atoms with E-state index in [0.717, 1.165) is 25.7 Å². The van der Waals surface area contributed by atoms with E-state index in [-0.39, 0.29) is 12.1 Å². The number of carbonyl (C=O) groups is 1. The second-order valence-electron chi connectivity index (χ2n) is 9.54. The summed E-state index contributed by atoms with van der Waals surface area (Å²) in [6.07, 6.45) is 30.7. The van der Waals surface area contributed by atoms with Crippen LogP contribution in [-0.4, -0.2) is 12.1 Å². The molecule has 0 saturated heterocycles. The Bertz CT molecular complexity index is 377. The zero-order valence-electron chi connectivity index (χ0n) is 21.4. The first-order valence-electron chi connectivity index (χ1n) is 14.0. The lowest BCUT2D eigenvalue weighted by Gasteiger charge is -2.16. The van der Waals surface area contributed by atoms with Gasteiger partial charge in [0.1, 0.15) is 6.10 Å². The maximum absolute atomic E-state index is 12.2. The molecule has 0 aromatic rings. The highest BCUT2D eigenvalue weighted by Crippen LogP contribution is 2.16. The van der Waals surface area contributed by atoms with Gasteiger partial charge in [-0.05, 0) is 19.3 Å². The van der Waals surface area contributed by atoms with Crippen molar-refractivity contribution in [1.29, 1.82) is 0 Å². The topological polar surface area (TPSA) is 26.3 Å². The van der Waals surface area contributed by atoms with Crippen molar-refractivity contribution in [3.8, 4) is 0 Å². The van der Waals surface area contributed by atoms with Gasteiger partial charge in [0.2, 0.25) is 0 Å². The van der Waals surface area contributed by atoms with E-state index in [1.165, 1.54) is 116 Å². The molecule has 0 saturated carbocycles.